The van der Waals surface area contributed by atoms with Crippen molar-refractivity contribution >= 4 is 5.91 Å². The largest absolute Gasteiger partial charge is 0.388 e. The molecule has 2 aliphatic rings. The number of hydrogen-bond donors (Lipinski definition) is 1. The molecule has 0 bridgehead atoms. The van der Waals surface area contributed by atoms with Crippen molar-refractivity contribution in [2.75, 3.05) is 26.2 Å². The molecule has 1 N–H and O–H groups in total. The third-order valence-electron chi connectivity index (χ3n) is 6.29. The summed E-state index contributed by atoms with van der Waals surface area (Å²) in [5.74, 6) is 0.489. The molecule has 28 heavy (non-hydrogen) atoms. The molecule has 2 aliphatic heterocycles. The lowest BCUT2D eigenvalue weighted by Gasteiger charge is -2.39. The summed E-state index contributed by atoms with van der Waals surface area (Å²) in [6.07, 6.45) is 3.61. The Bertz CT molecular complexity index is 751. The Hall–Kier alpha value is -2.17. The second-order valence-electron chi connectivity index (χ2n) is 8.07. The van der Waals surface area contributed by atoms with E-state index >= 15 is 0 Å². The molecule has 2 saturated heterocycles. The third kappa shape index (κ3) is 4.13. The highest BCUT2D eigenvalue weighted by Crippen LogP contribution is 2.34. The summed E-state index contributed by atoms with van der Waals surface area (Å²) < 4.78 is 0. The summed E-state index contributed by atoms with van der Waals surface area (Å²) >= 11 is 0. The van der Waals surface area contributed by atoms with Gasteiger partial charge in [-0.3, -0.25) is 9.69 Å². The Labute approximate surface area is 167 Å². The zero-order valence-corrected chi connectivity index (χ0v) is 16.4. The Kier molecular flexibility index (Phi) is 6.08. The van der Waals surface area contributed by atoms with E-state index in [9.17, 15) is 9.90 Å². The third-order valence-corrected chi connectivity index (χ3v) is 6.29. The van der Waals surface area contributed by atoms with Crippen LogP contribution in [0.4, 0.5) is 0 Å². The average molecular weight is 379 g/mol. The lowest BCUT2D eigenvalue weighted by Crippen LogP contribution is -2.45. The molecule has 0 spiro atoms. The minimum absolute atomic E-state index is 0.200. The zero-order chi connectivity index (χ0) is 19.3. The van der Waals surface area contributed by atoms with E-state index < -0.39 is 6.10 Å². The first kappa shape index (κ1) is 19.2. The number of carbonyl (C=O) groups excluding carboxylic acids is 1. The summed E-state index contributed by atoms with van der Waals surface area (Å²) in [5, 5.41) is 10.8. The van der Waals surface area contributed by atoms with Crippen molar-refractivity contribution < 1.29 is 9.90 Å². The number of aliphatic hydroxyl groups excluding tert-OH is 1. The van der Waals surface area contributed by atoms with Gasteiger partial charge in [0.1, 0.15) is 6.04 Å². The monoisotopic (exact) mass is 378 g/mol. The van der Waals surface area contributed by atoms with Gasteiger partial charge in [-0.25, -0.2) is 0 Å². The van der Waals surface area contributed by atoms with Crippen LogP contribution in [0.1, 0.15) is 49.0 Å². The smallest absolute Gasteiger partial charge is 0.244 e. The van der Waals surface area contributed by atoms with Gasteiger partial charge in [0.15, 0.2) is 0 Å². The summed E-state index contributed by atoms with van der Waals surface area (Å²) in [7, 11) is 0. The molecular weight excluding hydrogens is 348 g/mol. The maximum Gasteiger partial charge on any atom is 0.244 e. The normalized spacial score (nSPS) is 20.8. The molecule has 2 heterocycles. The zero-order valence-electron chi connectivity index (χ0n) is 16.4. The van der Waals surface area contributed by atoms with Crippen LogP contribution in [0, 0.1) is 5.92 Å². The second kappa shape index (κ2) is 8.89. The molecule has 0 aliphatic carbocycles. The minimum Gasteiger partial charge on any atom is -0.388 e. The molecule has 2 fully saturated rings. The highest BCUT2D eigenvalue weighted by Gasteiger charge is 2.36. The molecule has 4 nitrogen and oxygen atoms in total. The van der Waals surface area contributed by atoms with Crippen molar-refractivity contribution in [3.05, 3.63) is 71.8 Å². The topological polar surface area (TPSA) is 43.8 Å². The van der Waals surface area contributed by atoms with Gasteiger partial charge in [-0.1, -0.05) is 60.7 Å². The number of nitrogens with zero attached hydrogens (tertiary/aromatic N) is 2. The number of rotatable bonds is 5. The second-order valence-corrected chi connectivity index (χ2v) is 8.07. The van der Waals surface area contributed by atoms with Gasteiger partial charge < -0.3 is 10.0 Å². The van der Waals surface area contributed by atoms with Crippen LogP contribution in [0.15, 0.2) is 60.7 Å². The van der Waals surface area contributed by atoms with Crippen molar-refractivity contribution in [1.29, 1.82) is 0 Å². The van der Waals surface area contributed by atoms with E-state index in [4.69, 9.17) is 0 Å². The van der Waals surface area contributed by atoms with Gasteiger partial charge in [-0.2, -0.15) is 0 Å². The van der Waals surface area contributed by atoms with Crippen LogP contribution in [0.5, 0.6) is 0 Å². The number of amides is 1. The van der Waals surface area contributed by atoms with Gasteiger partial charge in [-0.05, 0) is 55.8 Å². The Morgan fingerprint density at radius 2 is 1.36 bits per heavy atom. The molecule has 2 aromatic rings. The van der Waals surface area contributed by atoms with Crippen LogP contribution in [-0.2, 0) is 4.79 Å². The molecule has 1 amide bonds. The fraction of sp³-hybridized carbons (Fsp3) is 0.458. The van der Waals surface area contributed by atoms with Crippen molar-refractivity contribution in [2.24, 2.45) is 5.92 Å². The van der Waals surface area contributed by atoms with Crippen molar-refractivity contribution in [3.63, 3.8) is 0 Å². The number of hydrogen-bond acceptors (Lipinski definition) is 3. The van der Waals surface area contributed by atoms with Gasteiger partial charge in [0.25, 0.3) is 0 Å². The summed E-state index contributed by atoms with van der Waals surface area (Å²) in [6.45, 7) is 3.44. The van der Waals surface area contributed by atoms with E-state index in [1.807, 2.05) is 53.4 Å². The Morgan fingerprint density at radius 3 is 1.93 bits per heavy atom. The number of likely N-dealkylation sites (tertiary alicyclic amines) is 2. The van der Waals surface area contributed by atoms with E-state index in [1.165, 1.54) is 0 Å². The fourth-order valence-electron chi connectivity index (χ4n) is 4.67. The van der Waals surface area contributed by atoms with Crippen molar-refractivity contribution in [1.82, 2.24) is 9.80 Å². The lowest BCUT2D eigenvalue weighted by molar-refractivity contribution is -0.137. The summed E-state index contributed by atoms with van der Waals surface area (Å²) in [4.78, 5) is 17.7. The maximum absolute atomic E-state index is 13.3. The molecule has 2 atom stereocenters. The van der Waals surface area contributed by atoms with Crippen LogP contribution in [0.2, 0.25) is 0 Å². The Morgan fingerprint density at radius 1 is 0.821 bits per heavy atom. The SMILES string of the molecule is O=C(C(c1ccccc1)N1CCC(C(O)c2ccccc2)CC1)N1CCCC1. The number of carbonyl (C=O) groups is 1. The molecule has 148 valence electrons. The summed E-state index contributed by atoms with van der Waals surface area (Å²) in [5.41, 5.74) is 2.08. The fourth-order valence-corrected chi connectivity index (χ4v) is 4.67. The molecule has 0 radical (unpaired) electrons. The maximum atomic E-state index is 13.3. The van der Waals surface area contributed by atoms with Gasteiger partial charge in [0.05, 0.1) is 6.10 Å². The molecule has 4 rings (SSSR count). The van der Waals surface area contributed by atoms with Gasteiger partial charge in [-0.15, -0.1) is 0 Å². The quantitative estimate of drug-likeness (QED) is 0.861. The van der Waals surface area contributed by atoms with Crippen molar-refractivity contribution in [3.8, 4) is 0 Å². The first-order valence-electron chi connectivity index (χ1n) is 10.5. The van der Waals surface area contributed by atoms with Crippen LogP contribution in [0.25, 0.3) is 0 Å². The van der Waals surface area contributed by atoms with E-state index in [0.717, 1.165) is 63.0 Å². The van der Waals surface area contributed by atoms with E-state index in [1.54, 1.807) is 0 Å². The van der Waals surface area contributed by atoms with E-state index in [-0.39, 0.29) is 17.9 Å². The lowest BCUT2D eigenvalue weighted by atomic mass is 9.86. The Balaban J connectivity index is 1.47. The standard InChI is InChI=1S/C24H30N2O2/c27-23(20-11-5-2-6-12-20)21-13-17-25(18-14-21)22(19-9-3-1-4-10-19)24(28)26-15-7-8-16-26/h1-6,9-12,21-23,27H,7-8,13-18H2. The predicted molar refractivity (Wildman–Crippen MR) is 111 cm³/mol. The first-order valence-corrected chi connectivity index (χ1v) is 10.5. The van der Waals surface area contributed by atoms with E-state index in [0.29, 0.717) is 0 Å². The molecular formula is C24H30N2O2. The van der Waals surface area contributed by atoms with Crippen LogP contribution < -0.4 is 0 Å². The first-order chi connectivity index (χ1) is 13.7. The van der Waals surface area contributed by atoms with Crippen molar-refractivity contribution in [2.45, 2.75) is 37.8 Å². The number of aliphatic hydroxyl groups is 1. The summed E-state index contributed by atoms with van der Waals surface area (Å²) in [6, 6.07) is 19.9. The minimum atomic E-state index is -0.423. The average Bonchev–Trinajstić information content (AvgIpc) is 3.30. The van der Waals surface area contributed by atoms with Crippen LogP contribution >= 0.6 is 0 Å². The number of benzene rings is 2. The van der Waals surface area contributed by atoms with Crippen LogP contribution in [0.3, 0.4) is 0 Å². The molecule has 2 unspecified atom stereocenters. The van der Waals surface area contributed by atoms with E-state index in [2.05, 4.69) is 17.0 Å². The highest BCUT2D eigenvalue weighted by molar-refractivity contribution is 5.83. The van der Waals surface area contributed by atoms with Gasteiger partial charge >= 0.3 is 0 Å². The highest BCUT2D eigenvalue weighted by atomic mass is 16.3. The number of piperidine rings is 1. The molecule has 4 heteroatoms. The predicted octanol–water partition coefficient (Wildman–Crippen LogP) is 3.80. The molecule has 2 aromatic carbocycles. The van der Waals surface area contributed by atoms with Crippen LogP contribution in [-0.4, -0.2) is 47.0 Å². The van der Waals surface area contributed by atoms with Gasteiger partial charge in [0.2, 0.25) is 5.91 Å². The van der Waals surface area contributed by atoms with Gasteiger partial charge in [0, 0.05) is 13.1 Å². The molecule has 0 aromatic heterocycles. The molecule has 0 saturated carbocycles.